The first-order chi connectivity index (χ1) is 13.4. The zero-order chi connectivity index (χ0) is 20.3. The highest BCUT2D eigenvalue weighted by Crippen LogP contribution is 2.35. The van der Waals surface area contributed by atoms with E-state index in [9.17, 15) is 9.59 Å². The molecule has 0 aromatic heterocycles. The fourth-order valence-corrected chi connectivity index (χ4v) is 4.31. The van der Waals surface area contributed by atoms with Crippen LogP contribution in [-0.4, -0.2) is 42.2 Å². The van der Waals surface area contributed by atoms with Gasteiger partial charge in [0.2, 0.25) is 0 Å². The fraction of sp³-hybridized carbons (Fsp3) is 0.600. The van der Waals surface area contributed by atoms with Crippen LogP contribution in [0.2, 0.25) is 5.02 Å². The van der Waals surface area contributed by atoms with Crippen LogP contribution in [0, 0.1) is 0 Å². The summed E-state index contributed by atoms with van der Waals surface area (Å²) < 4.78 is 5.28. The molecule has 154 valence electrons. The second-order valence-electron chi connectivity index (χ2n) is 7.53. The van der Waals surface area contributed by atoms with Crippen LogP contribution in [0.1, 0.15) is 62.2 Å². The van der Waals surface area contributed by atoms with Crippen molar-refractivity contribution in [1.29, 1.82) is 0 Å². The summed E-state index contributed by atoms with van der Waals surface area (Å²) in [7, 11) is 1.49. The van der Waals surface area contributed by atoms with Crippen LogP contribution in [0.3, 0.4) is 0 Å². The maximum absolute atomic E-state index is 12.8. The van der Waals surface area contributed by atoms with Gasteiger partial charge in [0.1, 0.15) is 5.75 Å². The number of anilines is 1. The first kappa shape index (κ1) is 20.7. The third-order valence-electron chi connectivity index (χ3n) is 5.47. The van der Waals surface area contributed by atoms with Crippen molar-refractivity contribution in [3.05, 3.63) is 22.7 Å². The normalized spacial score (nSPS) is 24.5. The number of nitrogen functional groups attached to an aromatic ring is 1. The van der Waals surface area contributed by atoms with E-state index < -0.39 is 0 Å². The van der Waals surface area contributed by atoms with E-state index in [0.717, 1.165) is 38.5 Å². The van der Waals surface area contributed by atoms with Crippen molar-refractivity contribution in [2.24, 2.45) is 0 Å². The average molecular weight is 410 g/mol. The number of hydroxylamine groups is 2. The van der Waals surface area contributed by atoms with Crippen LogP contribution < -0.4 is 15.8 Å². The molecular formula is C20H28ClN3O4. The lowest BCUT2D eigenvalue weighted by Crippen LogP contribution is -2.57. The van der Waals surface area contributed by atoms with Crippen LogP contribution in [0.15, 0.2) is 12.1 Å². The number of piperidine rings is 2. The number of carbonyl (C=O) groups is 2. The van der Waals surface area contributed by atoms with Gasteiger partial charge < -0.3 is 20.6 Å². The van der Waals surface area contributed by atoms with Gasteiger partial charge in [0.25, 0.3) is 5.91 Å². The predicted octanol–water partition coefficient (Wildman–Crippen LogP) is 3.30. The number of nitrogens with zero attached hydrogens (tertiary/aromatic N) is 1. The van der Waals surface area contributed by atoms with Crippen molar-refractivity contribution in [3.8, 4) is 5.75 Å². The van der Waals surface area contributed by atoms with E-state index in [1.54, 1.807) is 6.07 Å². The summed E-state index contributed by atoms with van der Waals surface area (Å²) >= 11 is 6.09. The predicted molar refractivity (Wildman–Crippen MR) is 107 cm³/mol. The van der Waals surface area contributed by atoms with Gasteiger partial charge in [-0.3, -0.25) is 9.59 Å². The Labute approximate surface area is 170 Å². The van der Waals surface area contributed by atoms with E-state index >= 15 is 0 Å². The maximum atomic E-state index is 12.8. The Balaban J connectivity index is 1.68. The molecule has 2 bridgehead atoms. The molecule has 2 fully saturated rings. The standard InChI is InChI=1S/C20H28ClN3O4/c1-3-5-19(25)28-24-13-6-4-7-14(24)9-12(8-13)23-20(26)15-10-16(21)17(22)11-18(15)27-2/h10-14H,3-9,22H2,1-2H3,(H,23,26). The molecule has 1 aromatic rings. The summed E-state index contributed by atoms with van der Waals surface area (Å²) in [5, 5.41) is 5.30. The van der Waals surface area contributed by atoms with Crippen LogP contribution in [0.5, 0.6) is 5.75 Å². The Morgan fingerprint density at radius 2 is 1.96 bits per heavy atom. The molecule has 2 atom stereocenters. The van der Waals surface area contributed by atoms with Gasteiger partial charge in [0.15, 0.2) is 0 Å². The SMILES string of the molecule is CCCC(=O)ON1C2CCCC1CC(NC(=O)c1cc(Cl)c(N)cc1OC)C2. The Morgan fingerprint density at radius 1 is 1.29 bits per heavy atom. The van der Waals surface area contributed by atoms with Gasteiger partial charge in [0, 0.05) is 30.6 Å². The smallest absolute Gasteiger partial charge is 0.325 e. The average Bonchev–Trinajstić information content (AvgIpc) is 2.64. The third kappa shape index (κ3) is 4.52. The molecule has 1 aromatic carbocycles. The topological polar surface area (TPSA) is 93.9 Å². The number of halogens is 1. The number of amides is 1. The molecule has 2 unspecified atom stereocenters. The van der Waals surface area contributed by atoms with Crippen LogP contribution in [-0.2, 0) is 9.63 Å². The first-order valence-corrected chi connectivity index (χ1v) is 10.2. The van der Waals surface area contributed by atoms with Crippen molar-refractivity contribution in [3.63, 3.8) is 0 Å². The van der Waals surface area contributed by atoms with Crippen LogP contribution in [0.4, 0.5) is 5.69 Å². The number of hydrogen-bond donors (Lipinski definition) is 2. The first-order valence-electron chi connectivity index (χ1n) is 9.85. The number of fused-ring (bicyclic) bond motifs is 2. The van der Waals surface area contributed by atoms with Gasteiger partial charge in [-0.05, 0) is 38.2 Å². The number of carbonyl (C=O) groups excluding carboxylic acids is 2. The lowest BCUT2D eigenvalue weighted by molar-refractivity contribution is -0.235. The van der Waals surface area contributed by atoms with E-state index in [1.807, 2.05) is 12.0 Å². The zero-order valence-electron chi connectivity index (χ0n) is 16.4. The maximum Gasteiger partial charge on any atom is 0.325 e. The van der Waals surface area contributed by atoms with E-state index in [2.05, 4.69) is 5.32 Å². The van der Waals surface area contributed by atoms with Crippen LogP contribution in [0.25, 0.3) is 0 Å². The van der Waals surface area contributed by atoms with Gasteiger partial charge in [-0.15, -0.1) is 5.06 Å². The fourth-order valence-electron chi connectivity index (χ4n) is 4.15. The van der Waals surface area contributed by atoms with Gasteiger partial charge in [-0.1, -0.05) is 24.9 Å². The molecule has 2 aliphatic heterocycles. The highest BCUT2D eigenvalue weighted by atomic mass is 35.5. The second-order valence-corrected chi connectivity index (χ2v) is 7.93. The molecule has 0 saturated carbocycles. The van der Waals surface area contributed by atoms with Gasteiger partial charge in [-0.25, -0.2) is 0 Å². The number of hydrogen-bond acceptors (Lipinski definition) is 6. The summed E-state index contributed by atoms with van der Waals surface area (Å²) in [6, 6.07) is 3.37. The Bertz CT molecular complexity index is 728. The Hall–Kier alpha value is -1.99. The molecule has 2 aliphatic rings. The zero-order valence-corrected chi connectivity index (χ0v) is 17.1. The van der Waals surface area contributed by atoms with Crippen LogP contribution >= 0.6 is 11.6 Å². The Morgan fingerprint density at radius 3 is 2.57 bits per heavy atom. The molecule has 28 heavy (non-hydrogen) atoms. The minimum Gasteiger partial charge on any atom is -0.496 e. The summed E-state index contributed by atoms with van der Waals surface area (Å²) in [4.78, 5) is 30.4. The highest BCUT2D eigenvalue weighted by Gasteiger charge is 2.41. The van der Waals surface area contributed by atoms with E-state index in [1.165, 1.54) is 13.2 Å². The second kappa shape index (κ2) is 9.01. The number of rotatable bonds is 6. The van der Waals surface area contributed by atoms with Crippen molar-refractivity contribution in [1.82, 2.24) is 10.4 Å². The Kier molecular flexibility index (Phi) is 6.67. The summed E-state index contributed by atoms with van der Waals surface area (Å²) in [5.41, 5.74) is 6.53. The monoisotopic (exact) mass is 409 g/mol. The molecule has 8 heteroatoms. The molecule has 7 nitrogen and oxygen atoms in total. The number of benzene rings is 1. The quantitative estimate of drug-likeness (QED) is 0.700. The molecule has 0 aliphatic carbocycles. The molecular weight excluding hydrogens is 382 g/mol. The van der Waals surface area contributed by atoms with Crippen molar-refractivity contribution >= 4 is 29.2 Å². The minimum absolute atomic E-state index is 0.00459. The third-order valence-corrected chi connectivity index (χ3v) is 5.79. The molecule has 3 N–H and O–H groups in total. The van der Waals surface area contributed by atoms with Crippen molar-refractivity contribution in [2.75, 3.05) is 12.8 Å². The van der Waals surface area contributed by atoms with Gasteiger partial charge in [-0.2, -0.15) is 0 Å². The number of ether oxygens (including phenoxy) is 1. The van der Waals surface area contributed by atoms with Gasteiger partial charge >= 0.3 is 5.97 Å². The number of nitrogens with two attached hydrogens (primary N) is 1. The summed E-state index contributed by atoms with van der Waals surface area (Å²) in [6.45, 7) is 1.96. The number of methoxy groups -OCH3 is 1. The summed E-state index contributed by atoms with van der Waals surface area (Å²) in [5.74, 6) is -0.0214. The van der Waals surface area contributed by atoms with E-state index in [-0.39, 0.29) is 30.0 Å². The lowest BCUT2D eigenvalue weighted by Gasteiger charge is -2.46. The highest BCUT2D eigenvalue weighted by molar-refractivity contribution is 6.33. The van der Waals surface area contributed by atoms with Crippen molar-refractivity contribution in [2.45, 2.75) is 70.0 Å². The van der Waals surface area contributed by atoms with Crippen molar-refractivity contribution < 1.29 is 19.2 Å². The molecule has 3 rings (SSSR count). The largest absolute Gasteiger partial charge is 0.496 e. The minimum atomic E-state index is -0.238. The molecule has 2 saturated heterocycles. The van der Waals surface area contributed by atoms with E-state index in [0.29, 0.717) is 28.4 Å². The molecule has 0 radical (unpaired) electrons. The molecule has 2 heterocycles. The number of nitrogens with one attached hydrogen (secondary N) is 1. The molecule has 1 amide bonds. The lowest BCUT2D eigenvalue weighted by atomic mass is 9.83. The molecule has 0 spiro atoms. The van der Waals surface area contributed by atoms with E-state index in [4.69, 9.17) is 26.9 Å². The van der Waals surface area contributed by atoms with Gasteiger partial charge in [0.05, 0.1) is 23.4 Å². The summed E-state index contributed by atoms with van der Waals surface area (Å²) in [6.07, 6.45) is 5.71.